The second kappa shape index (κ2) is 3.87. The molecule has 0 aliphatic heterocycles. The van der Waals surface area contributed by atoms with Gasteiger partial charge in [-0.1, -0.05) is 0 Å². The lowest BCUT2D eigenvalue weighted by molar-refractivity contribution is 0.344. The van der Waals surface area contributed by atoms with E-state index in [9.17, 15) is 4.39 Å². The van der Waals surface area contributed by atoms with Crippen LogP contribution in [-0.4, -0.2) is 6.61 Å². The monoisotopic (exact) mass is 274 g/mol. The molecular weight excluding hydrogens is 267 g/mol. The van der Waals surface area contributed by atoms with Crippen LogP contribution in [0.4, 0.5) is 4.39 Å². The number of benzene rings is 1. The van der Waals surface area contributed by atoms with Gasteiger partial charge in [0.25, 0.3) is 0 Å². The molecule has 0 aliphatic carbocycles. The molecule has 0 bridgehead atoms. The molecule has 14 heavy (non-hydrogen) atoms. The molecule has 0 atom stereocenters. The van der Waals surface area contributed by atoms with Crippen molar-refractivity contribution in [3.63, 3.8) is 0 Å². The number of hydrogen-bond acceptors (Lipinski definition) is 2. The van der Waals surface area contributed by atoms with Gasteiger partial charge in [0.05, 0.1) is 15.8 Å². The Morgan fingerprint density at radius 1 is 1.57 bits per heavy atom. The van der Waals surface area contributed by atoms with E-state index in [4.69, 9.17) is 4.74 Å². The van der Waals surface area contributed by atoms with Crippen molar-refractivity contribution in [1.29, 1.82) is 0 Å². The van der Waals surface area contributed by atoms with Crippen LogP contribution >= 0.6 is 27.3 Å². The summed E-state index contributed by atoms with van der Waals surface area (Å²) in [7, 11) is 0. The van der Waals surface area contributed by atoms with Crippen LogP contribution in [0, 0.1) is 5.82 Å². The average molecular weight is 275 g/mol. The van der Waals surface area contributed by atoms with E-state index in [2.05, 4.69) is 15.9 Å². The summed E-state index contributed by atoms with van der Waals surface area (Å²) in [6.45, 7) is 2.50. The van der Waals surface area contributed by atoms with Crippen molar-refractivity contribution in [3.8, 4) is 5.75 Å². The lowest BCUT2D eigenvalue weighted by atomic mass is 10.2. The van der Waals surface area contributed by atoms with E-state index in [1.165, 1.54) is 11.3 Å². The van der Waals surface area contributed by atoms with Gasteiger partial charge in [-0.15, -0.1) is 11.3 Å². The van der Waals surface area contributed by atoms with E-state index in [-0.39, 0.29) is 5.82 Å². The summed E-state index contributed by atoms with van der Waals surface area (Å²) in [6.07, 6.45) is 0. The van der Waals surface area contributed by atoms with Gasteiger partial charge in [0.1, 0.15) is 11.6 Å². The van der Waals surface area contributed by atoms with Crippen molar-refractivity contribution in [1.82, 2.24) is 0 Å². The first-order valence-corrected chi connectivity index (χ1v) is 5.89. The fraction of sp³-hybridized carbons (Fsp3) is 0.200. The third-order valence-corrected chi connectivity index (χ3v) is 3.40. The molecule has 74 valence electrons. The molecular formula is C10H8BrFOS. The summed E-state index contributed by atoms with van der Waals surface area (Å²) in [5.74, 6) is 0.524. The number of hydrogen-bond donors (Lipinski definition) is 0. The van der Waals surface area contributed by atoms with E-state index < -0.39 is 0 Å². The van der Waals surface area contributed by atoms with Crippen molar-refractivity contribution >= 4 is 37.4 Å². The van der Waals surface area contributed by atoms with Crippen LogP contribution in [0.15, 0.2) is 22.0 Å². The van der Waals surface area contributed by atoms with Crippen LogP contribution in [0.2, 0.25) is 0 Å². The van der Waals surface area contributed by atoms with Crippen molar-refractivity contribution < 1.29 is 9.13 Å². The molecule has 0 unspecified atom stereocenters. The fourth-order valence-electron chi connectivity index (χ4n) is 1.31. The minimum absolute atomic E-state index is 0.218. The molecule has 2 aromatic rings. The Morgan fingerprint density at radius 2 is 2.36 bits per heavy atom. The third kappa shape index (κ3) is 1.53. The smallest absolute Gasteiger partial charge is 0.146 e. The van der Waals surface area contributed by atoms with Crippen LogP contribution in [0.1, 0.15) is 6.92 Å². The van der Waals surface area contributed by atoms with Gasteiger partial charge in [0.2, 0.25) is 0 Å². The topological polar surface area (TPSA) is 9.23 Å². The molecule has 1 aromatic heterocycles. The van der Waals surface area contributed by atoms with Gasteiger partial charge < -0.3 is 4.74 Å². The molecule has 4 heteroatoms. The summed E-state index contributed by atoms with van der Waals surface area (Å²) in [5.41, 5.74) is 0. The Hall–Kier alpha value is -0.610. The second-order valence-corrected chi connectivity index (χ2v) is 4.54. The Labute approximate surface area is 93.6 Å². The van der Waals surface area contributed by atoms with E-state index >= 15 is 0 Å². The highest BCUT2D eigenvalue weighted by atomic mass is 79.9. The highest BCUT2D eigenvalue weighted by Crippen LogP contribution is 2.36. The SMILES string of the molecule is CCOc1cc(Br)c(F)c2ccsc12. The first-order valence-electron chi connectivity index (χ1n) is 4.22. The number of halogens is 2. The van der Waals surface area contributed by atoms with Gasteiger partial charge in [-0.25, -0.2) is 4.39 Å². The Kier molecular flexibility index (Phi) is 2.74. The minimum atomic E-state index is -0.218. The predicted octanol–water partition coefficient (Wildman–Crippen LogP) is 4.20. The van der Waals surface area contributed by atoms with E-state index in [0.29, 0.717) is 16.5 Å². The first kappa shape index (κ1) is 9.93. The molecule has 0 radical (unpaired) electrons. The highest BCUT2D eigenvalue weighted by Gasteiger charge is 2.11. The maximum absolute atomic E-state index is 13.6. The molecule has 0 saturated carbocycles. The molecule has 1 heterocycles. The van der Waals surface area contributed by atoms with Crippen LogP contribution < -0.4 is 4.74 Å². The standard InChI is InChI=1S/C10H8BrFOS/c1-2-13-8-5-7(11)9(12)6-3-4-14-10(6)8/h3-5H,2H2,1H3. The maximum Gasteiger partial charge on any atom is 0.146 e. The summed E-state index contributed by atoms with van der Waals surface area (Å²) >= 11 is 4.66. The minimum Gasteiger partial charge on any atom is -0.492 e. The fourth-order valence-corrected chi connectivity index (χ4v) is 2.59. The van der Waals surface area contributed by atoms with Gasteiger partial charge in [0.15, 0.2) is 0 Å². The van der Waals surface area contributed by atoms with E-state index in [0.717, 1.165) is 10.4 Å². The molecule has 0 saturated heterocycles. The van der Waals surface area contributed by atoms with Crippen molar-refractivity contribution in [3.05, 3.63) is 27.8 Å². The number of ether oxygens (including phenoxy) is 1. The van der Waals surface area contributed by atoms with E-state index in [1.807, 2.05) is 12.3 Å². The van der Waals surface area contributed by atoms with E-state index in [1.54, 1.807) is 12.1 Å². The van der Waals surface area contributed by atoms with Gasteiger partial charge >= 0.3 is 0 Å². The largest absolute Gasteiger partial charge is 0.492 e. The van der Waals surface area contributed by atoms with Crippen LogP contribution in [-0.2, 0) is 0 Å². The summed E-state index contributed by atoms with van der Waals surface area (Å²) in [4.78, 5) is 0. The van der Waals surface area contributed by atoms with Crippen molar-refractivity contribution in [2.75, 3.05) is 6.61 Å². The summed E-state index contributed by atoms with van der Waals surface area (Å²) < 4.78 is 20.3. The third-order valence-electron chi connectivity index (χ3n) is 1.89. The molecule has 0 spiro atoms. The van der Waals surface area contributed by atoms with Crippen LogP contribution in [0.5, 0.6) is 5.75 Å². The maximum atomic E-state index is 13.6. The van der Waals surface area contributed by atoms with Gasteiger partial charge in [-0.3, -0.25) is 0 Å². The number of thiophene rings is 1. The quantitative estimate of drug-likeness (QED) is 0.798. The molecule has 1 aromatic carbocycles. The van der Waals surface area contributed by atoms with Gasteiger partial charge in [-0.2, -0.15) is 0 Å². The van der Waals surface area contributed by atoms with Crippen LogP contribution in [0.25, 0.3) is 10.1 Å². The van der Waals surface area contributed by atoms with Gasteiger partial charge in [-0.05, 0) is 40.4 Å². The lowest BCUT2D eigenvalue weighted by Gasteiger charge is -2.06. The zero-order valence-corrected chi connectivity index (χ0v) is 9.91. The normalized spacial score (nSPS) is 10.8. The molecule has 1 nitrogen and oxygen atoms in total. The van der Waals surface area contributed by atoms with Crippen LogP contribution in [0.3, 0.4) is 0 Å². The van der Waals surface area contributed by atoms with Crippen molar-refractivity contribution in [2.24, 2.45) is 0 Å². The zero-order valence-electron chi connectivity index (χ0n) is 7.51. The molecule has 0 fully saturated rings. The molecule has 0 amide bonds. The molecule has 0 aliphatic rings. The Balaban J connectivity index is 2.71. The Bertz CT molecular complexity index is 466. The molecule has 2 rings (SSSR count). The predicted molar refractivity (Wildman–Crippen MR) is 60.7 cm³/mol. The average Bonchev–Trinajstić information content (AvgIpc) is 2.63. The number of rotatable bonds is 2. The Morgan fingerprint density at radius 3 is 3.07 bits per heavy atom. The first-order chi connectivity index (χ1) is 6.74. The van der Waals surface area contributed by atoms with Gasteiger partial charge in [0, 0.05) is 5.39 Å². The lowest BCUT2D eigenvalue weighted by Crippen LogP contribution is -1.92. The summed E-state index contributed by atoms with van der Waals surface area (Å²) in [5, 5.41) is 2.48. The molecule has 0 N–H and O–H groups in total. The number of fused-ring (bicyclic) bond motifs is 1. The zero-order chi connectivity index (χ0) is 10.1. The summed E-state index contributed by atoms with van der Waals surface area (Å²) in [6, 6.07) is 3.44. The van der Waals surface area contributed by atoms with Crippen molar-refractivity contribution in [2.45, 2.75) is 6.92 Å². The second-order valence-electron chi connectivity index (χ2n) is 2.77. The highest BCUT2D eigenvalue weighted by molar-refractivity contribution is 9.10.